The second-order valence-electron chi connectivity index (χ2n) is 5.71. The minimum atomic E-state index is 0.924. The molecule has 1 aliphatic rings. The lowest BCUT2D eigenvalue weighted by molar-refractivity contribution is 0.646. The van der Waals surface area contributed by atoms with E-state index in [1.54, 1.807) is 45.3 Å². The fourth-order valence-electron chi connectivity index (χ4n) is 2.78. The van der Waals surface area contributed by atoms with Crippen molar-refractivity contribution in [1.82, 2.24) is 20.4 Å². The number of hydrogen-bond donors (Lipinski definition) is 0. The van der Waals surface area contributed by atoms with Crippen LogP contribution in [0.4, 0.5) is 10.3 Å². The first kappa shape index (κ1) is 16.3. The first-order valence-electron chi connectivity index (χ1n) is 8.11. The molecule has 0 bridgehead atoms. The molecule has 10 heteroatoms. The highest BCUT2D eigenvalue weighted by Gasteiger charge is 2.23. The molecule has 1 aliphatic heterocycles. The van der Waals surface area contributed by atoms with Gasteiger partial charge in [-0.15, -0.1) is 43.1 Å². The fraction of sp³-hybridized carbons (Fsp3) is 0.250. The van der Waals surface area contributed by atoms with Gasteiger partial charge in [0.25, 0.3) is 0 Å². The van der Waals surface area contributed by atoms with Crippen molar-refractivity contribution in [1.29, 1.82) is 0 Å². The van der Waals surface area contributed by atoms with Crippen LogP contribution >= 0.6 is 45.3 Å². The summed E-state index contributed by atoms with van der Waals surface area (Å²) in [6.45, 7) is 3.69. The van der Waals surface area contributed by atoms with Crippen molar-refractivity contribution in [3.63, 3.8) is 0 Å². The molecule has 6 nitrogen and oxygen atoms in total. The Morgan fingerprint density at radius 2 is 1.12 bits per heavy atom. The third-order valence-electron chi connectivity index (χ3n) is 4.11. The van der Waals surface area contributed by atoms with Gasteiger partial charge >= 0.3 is 0 Å². The van der Waals surface area contributed by atoms with Gasteiger partial charge in [0.05, 0.1) is 9.75 Å². The molecule has 0 spiro atoms. The number of thiophene rings is 2. The highest BCUT2D eigenvalue weighted by atomic mass is 32.1. The van der Waals surface area contributed by atoms with E-state index in [0.717, 1.165) is 46.5 Å². The lowest BCUT2D eigenvalue weighted by Crippen LogP contribution is -2.46. The summed E-state index contributed by atoms with van der Waals surface area (Å²) in [6.07, 6.45) is 0. The van der Waals surface area contributed by atoms with Gasteiger partial charge in [0.1, 0.15) is 0 Å². The summed E-state index contributed by atoms with van der Waals surface area (Å²) in [5.41, 5.74) is 0. The van der Waals surface area contributed by atoms with Crippen molar-refractivity contribution in [2.45, 2.75) is 0 Å². The van der Waals surface area contributed by atoms with Crippen molar-refractivity contribution in [2.75, 3.05) is 36.0 Å². The number of rotatable bonds is 4. The molecular weight excluding hydrogens is 404 g/mol. The molecule has 1 saturated heterocycles. The Morgan fingerprint density at radius 3 is 1.50 bits per heavy atom. The molecule has 4 aromatic rings. The Labute approximate surface area is 166 Å². The minimum absolute atomic E-state index is 0.924. The van der Waals surface area contributed by atoms with Crippen LogP contribution in [0.1, 0.15) is 0 Å². The Balaban J connectivity index is 1.25. The van der Waals surface area contributed by atoms with Crippen LogP contribution in [0.3, 0.4) is 0 Å². The van der Waals surface area contributed by atoms with Gasteiger partial charge in [-0.25, -0.2) is 0 Å². The van der Waals surface area contributed by atoms with Gasteiger partial charge in [0.2, 0.25) is 10.3 Å². The molecule has 0 atom stereocenters. The molecule has 4 aromatic heterocycles. The molecule has 5 heterocycles. The molecule has 0 radical (unpaired) electrons. The zero-order valence-corrected chi connectivity index (χ0v) is 16.9. The minimum Gasteiger partial charge on any atom is -0.343 e. The SMILES string of the molecule is c1csc(-c2nnc(N3CCN(c4nnc(-c5cccs5)s4)CC3)s2)c1. The molecule has 0 N–H and O–H groups in total. The Morgan fingerprint density at radius 1 is 0.654 bits per heavy atom. The summed E-state index contributed by atoms with van der Waals surface area (Å²) in [7, 11) is 0. The van der Waals surface area contributed by atoms with Gasteiger partial charge in [0, 0.05) is 26.2 Å². The van der Waals surface area contributed by atoms with Crippen molar-refractivity contribution in [3.8, 4) is 19.8 Å². The molecule has 0 amide bonds. The zero-order valence-electron chi connectivity index (χ0n) is 13.6. The Kier molecular flexibility index (Phi) is 4.41. The van der Waals surface area contributed by atoms with Gasteiger partial charge in [-0.05, 0) is 22.9 Å². The lowest BCUT2D eigenvalue weighted by Gasteiger charge is -2.33. The third kappa shape index (κ3) is 3.13. The fourth-order valence-corrected chi connectivity index (χ4v) is 6.15. The van der Waals surface area contributed by atoms with Gasteiger partial charge in [-0.2, -0.15) is 0 Å². The van der Waals surface area contributed by atoms with Crippen LogP contribution in [0.25, 0.3) is 19.8 Å². The van der Waals surface area contributed by atoms with Crippen molar-refractivity contribution < 1.29 is 0 Å². The molecule has 5 rings (SSSR count). The predicted octanol–water partition coefficient (Wildman–Crippen LogP) is 4.17. The van der Waals surface area contributed by atoms with E-state index in [-0.39, 0.29) is 0 Å². The number of aromatic nitrogens is 4. The quantitative estimate of drug-likeness (QED) is 0.496. The van der Waals surface area contributed by atoms with E-state index in [1.165, 1.54) is 9.75 Å². The van der Waals surface area contributed by atoms with Crippen LogP contribution in [0.5, 0.6) is 0 Å². The van der Waals surface area contributed by atoms with E-state index in [9.17, 15) is 0 Å². The Bertz CT molecular complexity index is 886. The maximum absolute atomic E-state index is 4.39. The van der Waals surface area contributed by atoms with Crippen LogP contribution in [-0.4, -0.2) is 46.6 Å². The molecule has 26 heavy (non-hydrogen) atoms. The van der Waals surface area contributed by atoms with Crippen LogP contribution in [0.15, 0.2) is 35.0 Å². The average molecular weight is 419 g/mol. The molecule has 0 saturated carbocycles. The van der Waals surface area contributed by atoms with Crippen LogP contribution in [-0.2, 0) is 0 Å². The highest BCUT2D eigenvalue weighted by molar-refractivity contribution is 7.23. The first-order valence-corrected chi connectivity index (χ1v) is 11.5. The van der Waals surface area contributed by atoms with Gasteiger partial charge < -0.3 is 9.80 Å². The standard InChI is InChI=1S/C16H14N6S4/c1-3-11(23-9-1)13-17-19-15(25-13)21-5-7-22(8-6-21)16-20-18-14(26-16)12-4-2-10-24-12/h1-4,9-10H,5-8H2. The van der Waals surface area contributed by atoms with Crippen molar-refractivity contribution in [3.05, 3.63) is 35.0 Å². The predicted molar refractivity (Wildman–Crippen MR) is 111 cm³/mol. The van der Waals surface area contributed by atoms with E-state index in [0.29, 0.717) is 0 Å². The summed E-state index contributed by atoms with van der Waals surface area (Å²) < 4.78 is 0. The summed E-state index contributed by atoms with van der Waals surface area (Å²) in [5.74, 6) is 0. The molecule has 0 unspecified atom stereocenters. The van der Waals surface area contributed by atoms with E-state index in [4.69, 9.17) is 0 Å². The topological polar surface area (TPSA) is 58.0 Å². The zero-order chi connectivity index (χ0) is 17.3. The summed E-state index contributed by atoms with van der Waals surface area (Å²) in [5, 5.41) is 25.6. The second kappa shape index (κ2) is 7.03. The average Bonchev–Trinajstić information content (AvgIpc) is 3.49. The second-order valence-corrected chi connectivity index (χ2v) is 9.52. The summed E-state index contributed by atoms with van der Waals surface area (Å²) >= 11 is 6.74. The van der Waals surface area contributed by atoms with Crippen LogP contribution in [0, 0.1) is 0 Å². The smallest absolute Gasteiger partial charge is 0.208 e. The van der Waals surface area contributed by atoms with Crippen molar-refractivity contribution in [2.24, 2.45) is 0 Å². The Hall–Kier alpha value is -1.88. The molecule has 0 aliphatic carbocycles. The van der Waals surface area contributed by atoms with E-state index in [1.807, 2.05) is 12.1 Å². The van der Waals surface area contributed by atoms with E-state index < -0.39 is 0 Å². The largest absolute Gasteiger partial charge is 0.343 e. The van der Waals surface area contributed by atoms with Crippen LogP contribution in [0.2, 0.25) is 0 Å². The maximum atomic E-state index is 4.39. The van der Waals surface area contributed by atoms with Gasteiger partial charge in [0.15, 0.2) is 10.0 Å². The molecule has 0 aromatic carbocycles. The molecular formula is C16H14N6S4. The maximum Gasteiger partial charge on any atom is 0.208 e. The number of hydrogen-bond acceptors (Lipinski definition) is 10. The van der Waals surface area contributed by atoms with E-state index >= 15 is 0 Å². The number of piperazine rings is 1. The monoisotopic (exact) mass is 418 g/mol. The van der Waals surface area contributed by atoms with Gasteiger partial charge in [-0.3, -0.25) is 0 Å². The first-order chi connectivity index (χ1) is 12.9. The van der Waals surface area contributed by atoms with Crippen LogP contribution < -0.4 is 9.80 Å². The summed E-state index contributed by atoms with van der Waals surface area (Å²) in [4.78, 5) is 6.99. The molecule has 132 valence electrons. The third-order valence-corrected chi connectivity index (χ3v) is 8.16. The van der Waals surface area contributed by atoms with Crippen molar-refractivity contribution >= 4 is 55.6 Å². The molecule has 1 fully saturated rings. The highest BCUT2D eigenvalue weighted by Crippen LogP contribution is 2.34. The van der Waals surface area contributed by atoms with E-state index in [2.05, 4.69) is 53.1 Å². The lowest BCUT2D eigenvalue weighted by atomic mass is 10.3. The normalized spacial score (nSPS) is 14.9. The van der Waals surface area contributed by atoms with Gasteiger partial charge in [-0.1, -0.05) is 34.8 Å². The number of anilines is 2. The number of nitrogens with zero attached hydrogens (tertiary/aromatic N) is 6. The summed E-state index contributed by atoms with van der Waals surface area (Å²) in [6, 6.07) is 8.28.